The third-order valence-electron chi connectivity index (χ3n) is 7.82. The summed E-state index contributed by atoms with van der Waals surface area (Å²) >= 11 is 0. The Hall–Kier alpha value is -2.76. The van der Waals surface area contributed by atoms with Gasteiger partial charge < -0.3 is 20.3 Å². The molecule has 2 aliphatic rings. The second-order valence-electron chi connectivity index (χ2n) is 10.7. The quantitative estimate of drug-likeness (QED) is 0.311. The number of alkyl halides is 3. The van der Waals surface area contributed by atoms with Gasteiger partial charge in [-0.3, -0.25) is 9.29 Å². The minimum atomic E-state index is -3.51. The molecule has 39 heavy (non-hydrogen) atoms. The number of H-pyrrole nitrogens is 1. The molecule has 3 aromatic rings. The lowest BCUT2D eigenvalue weighted by Crippen LogP contribution is -2.49. The van der Waals surface area contributed by atoms with E-state index in [1.54, 1.807) is 6.92 Å². The molecule has 0 saturated carbocycles. The zero-order valence-corrected chi connectivity index (χ0v) is 21.6. The van der Waals surface area contributed by atoms with Crippen molar-refractivity contribution in [2.75, 3.05) is 44.8 Å². The summed E-state index contributed by atoms with van der Waals surface area (Å²) in [5.74, 6) is -5.80. The summed E-state index contributed by atoms with van der Waals surface area (Å²) < 4.78 is 87.0. The van der Waals surface area contributed by atoms with E-state index in [2.05, 4.69) is 15.2 Å². The summed E-state index contributed by atoms with van der Waals surface area (Å²) in [7, 11) is 0. The first-order valence-corrected chi connectivity index (χ1v) is 13.2. The Labute approximate surface area is 222 Å². The van der Waals surface area contributed by atoms with Crippen LogP contribution < -0.4 is 5.32 Å². The predicted molar refractivity (Wildman–Crippen MR) is 137 cm³/mol. The van der Waals surface area contributed by atoms with Gasteiger partial charge in [-0.1, -0.05) is 0 Å². The van der Waals surface area contributed by atoms with Gasteiger partial charge in [-0.15, -0.1) is 0 Å². The number of anilines is 1. The lowest BCUT2D eigenvalue weighted by atomic mass is 9.87. The number of likely N-dealkylation sites (tertiary alicyclic amines) is 1. The lowest BCUT2D eigenvalue weighted by Gasteiger charge is -2.42. The molecule has 0 unspecified atom stereocenters. The van der Waals surface area contributed by atoms with Gasteiger partial charge in [-0.2, -0.15) is 0 Å². The molecule has 1 aromatic heterocycles. The van der Waals surface area contributed by atoms with Gasteiger partial charge in [0.25, 0.3) is 5.92 Å². The van der Waals surface area contributed by atoms with Gasteiger partial charge in [-0.05, 0) is 62.1 Å². The SMILES string of the molecule is C[C@@H]1Cc2c([nH]c3ccc(F)cc23)[C@@H](c2c(F)cc(N[C@H]3CCN(CCCF)C3)cc2F)N1CC(F)(F)CO. The van der Waals surface area contributed by atoms with Crippen molar-refractivity contribution >= 4 is 16.6 Å². The fourth-order valence-corrected chi connectivity index (χ4v) is 6.00. The van der Waals surface area contributed by atoms with Crippen LogP contribution in [0.4, 0.5) is 32.0 Å². The van der Waals surface area contributed by atoms with E-state index in [0.29, 0.717) is 41.7 Å². The van der Waals surface area contributed by atoms with E-state index >= 15 is 8.78 Å². The van der Waals surface area contributed by atoms with Gasteiger partial charge in [0.2, 0.25) is 0 Å². The average Bonchev–Trinajstić information content (AvgIpc) is 3.47. The highest BCUT2D eigenvalue weighted by molar-refractivity contribution is 5.85. The molecule has 1 fully saturated rings. The number of nitrogens with zero attached hydrogens (tertiary/aromatic N) is 2. The number of aromatic nitrogens is 1. The zero-order valence-electron chi connectivity index (χ0n) is 21.6. The van der Waals surface area contributed by atoms with E-state index in [-0.39, 0.29) is 18.2 Å². The van der Waals surface area contributed by atoms with Crippen molar-refractivity contribution in [2.45, 2.75) is 50.2 Å². The van der Waals surface area contributed by atoms with Crippen LogP contribution in [0.25, 0.3) is 10.9 Å². The number of hydrogen-bond donors (Lipinski definition) is 3. The van der Waals surface area contributed by atoms with Crippen molar-refractivity contribution in [3.05, 3.63) is 64.6 Å². The molecule has 3 heterocycles. The fraction of sp³-hybridized carbons (Fsp3) is 0.500. The molecule has 0 radical (unpaired) electrons. The third kappa shape index (κ3) is 5.62. The zero-order chi connectivity index (χ0) is 27.9. The van der Waals surface area contributed by atoms with Crippen LogP contribution in [-0.2, 0) is 6.42 Å². The smallest absolute Gasteiger partial charge is 0.283 e. The molecule has 2 aromatic carbocycles. The highest BCUT2D eigenvalue weighted by Gasteiger charge is 2.43. The lowest BCUT2D eigenvalue weighted by molar-refractivity contribution is -0.0869. The van der Waals surface area contributed by atoms with Gasteiger partial charge in [0.15, 0.2) is 0 Å². The van der Waals surface area contributed by atoms with Crippen molar-refractivity contribution < 1.29 is 31.4 Å². The molecule has 5 rings (SSSR count). The number of benzene rings is 2. The van der Waals surface area contributed by atoms with Crippen molar-refractivity contribution in [3.63, 3.8) is 0 Å². The second kappa shape index (κ2) is 11.0. The van der Waals surface area contributed by atoms with Crippen LogP contribution >= 0.6 is 0 Å². The Morgan fingerprint density at radius 2 is 1.87 bits per heavy atom. The first kappa shape index (κ1) is 27.8. The molecule has 0 spiro atoms. The number of hydrogen-bond acceptors (Lipinski definition) is 4. The van der Waals surface area contributed by atoms with Crippen molar-refractivity contribution in [1.82, 2.24) is 14.8 Å². The van der Waals surface area contributed by atoms with E-state index < -0.39 is 60.8 Å². The van der Waals surface area contributed by atoms with E-state index in [1.165, 1.54) is 23.1 Å². The summed E-state index contributed by atoms with van der Waals surface area (Å²) in [4.78, 5) is 6.47. The largest absolute Gasteiger partial charge is 0.390 e. The van der Waals surface area contributed by atoms with Crippen LogP contribution in [0.3, 0.4) is 0 Å². The Bertz CT molecular complexity index is 1310. The van der Waals surface area contributed by atoms with E-state index in [9.17, 15) is 22.7 Å². The van der Waals surface area contributed by atoms with E-state index in [0.717, 1.165) is 25.1 Å². The summed E-state index contributed by atoms with van der Waals surface area (Å²) in [6.45, 7) is 0.909. The molecule has 3 atom stereocenters. The summed E-state index contributed by atoms with van der Waals surface area (Å²) in [6.07, 6.45) is 1.41. The number of aromatic amines is 1. The number of aliphatic hydroxyl groups is 1. The van der Waals surface area contributed by atoms with Gasteiger partial charge in [0.1, 0.15) is 24.1 Å². The van der Waals surface area contributed by atoms with Crippen LogP contribution in [0.2, 0.25) is 0 Å². The number of fused-ring (bicyclic) bond motifs is 3. The maximum Gasteiger partial charge on any atom is 0.283 e. The summed E-state index contributed by atoms with van der Waals surface area (Å²) in [5.41, 5.74) is 1.30. The summed E-state index contributed by atoms with van der Waals surface area (Å²) in [6, 6.07) is 4.49. The van der Waals surface area contributed by atoms with Gasteiger partial charge in [0.05, 0.1) is 19.3 Å². The van der Waals surface area contributed by atoms with Crippen LogP contribution in [-0.4, -0.2) is 77.4 Å². The van der Waals surface area contributed by atoms with Crippen molar-refractivity contribution in [2.24, 2.45) is 0 Å². The van der Waals surface area contributed by atoms with Gasteiger partial charge >= 0.3 is 0 Å². The highest BCUT2D eigenvalue weighted by atomic mass is 19.3. The maximum atomic E-state index is 15.8. The molecule has 212 valence electrons. The Morgan fingerprint density at radius 3 is 2.56 bits per heavy atom. The molecular formula is C28H32F6N4O. The predicted octanol–water partition coefficient (Wildman–Crippen LogP) is 5.39. The average molecular weight is 555 g/mol. The second-order valence-corrected chi connectivity index (χ2v) is 10.7. The molecule has 2 aliphatic heterocycles. The van der Waals surface area contributed by atoms with E-state index in [1.807, 2.05) is 0 Å². The Morgan fingerprint density at radius 1 is 1.13 bits per heavy atom. The van der Waals surface area contributed by atoms with Gasteiger partial charge in [0, 0.05) is 59.6 Å². The normalized spacial score (nSPS) is 22.5. The molecule has 0 aliphatic carbocycles. The topological polar surface area (TPSA) is 54.5 Å². The van der Waals surface area contributed by atoms with Crippen LogP contribution in [0.1, 0.15) is 42.6 Å². The fourth-order valence-electron chi connectivity index (χ4n) is 6.00. The van der Waals surface area contributed by atoms with Crippen LogP contribution in [0.15, 0.2) is 30.3 Å². The number of aliphatic hydroxyl groups excluding tert-OH is 1. The third-order valence-corrected chi connectivity index (χ3v) is 7.82. The first-order chi connectivity index (χ1) is 18.6. The Kier molecular flexibility index (Phi) is 7.85. The van der Waals surface area contributed by atoms with Crippen LogP contribution in [0.5, 0.6) is 0 Å². The monoisotopic (exact) mass is 554 g/mol. The number of nitrogens with one attached hydrogen (secondary N) is 2. The number of halogens is 6. The first-order valence-electron chi connectivity index (χ1n) is 13.2. The van der Waals surface area contributed by atoms with Crippen LogP contribution in [0, 0.1) is 17.5 Å². The molecular weight excluding hydrogens is 522 g/mol. The number of rotatable bonds is 9. The van der Waals surface area contributed by atoms with Gasteiger partial charge in [-0.25, -0.2) is 22.0 Å². The van der Waals surface area contributed by atoms with Crippen molar-refractivity contribution in [1.29, 1.82) is 0 Å². The molecule has 11 heteroatoms. The minimum absolute atomic E-state index is 0.0705. The summed E-state index contributed by atoms with van der Waals surface area (Å²) in [5, 5.41) is 12.9. The molecule has 3 N–H and O–H groups in total. The standard InChI is InChI=1S/C28H32F6N4O/c1-16-9-21-20-10-17(30)3-4-24(20)36-26(21)27(38(16)14-28(33,34)15-39)25-22(31)11-19(12-23(25)32)35-18-5-8-37(13-18)7-2-6-29/h3-4,10-12,16,18,27,35-36,39H,2,5-9,13-15H2,1H3/t16-,18+,27-/m1/s1. The Balaban J connectivity index is 1.52. The van der Waals surface area contributed by atoms with E-state index in [4.69, 9.17) is 0 Å². The molecule has 0 amide bonds. The van der Waals surface area contributed by atoms with Crippen molar-refractivity contribution in [3.8, 4) is 0 Å². The maximum absolute atomic E-state index is 15.8. The minimum Gasteiger partial charge on any atom is -0.390 e. The molecule has 1 saturated heterocycles. The highest BCUT2D eigenvalue weighted by Crippen LogP contribution is 2.44. The molecule has 0 bridgehead atoms. The molecule has 5 nitrogen and oxygen atoms in total.